The van der Waals surface area contributed by atoms with E-state index < -0.39 is 0 Å². The molecule has 0 spiro atoms. The standard InChI is InChI=1S/C43H35BN2S/c1-26-22-29-28-24-39-33(43(4,5)31-17-10-12-21-38(31)47-39)25-36(28)46(27-14-7-6-8-15-27)44-34-19-13-18-32-41(34)45(37(23-26)40(29)44)35-20-11-9-16-30(35)42(32,2)3/h6-25H,1-5H3. The highest BCUT2D eigenvalue weighted by atomic mass is 32.2. The van der Waals surface area contributed by atoms with Gasteiger partial charge in [-0.15, -0.1) is 0 Å². The number of rotatable bonds is 1. The topological polar surface area (TPSA) is 6.48 Å². The van der Waals surface area contributed by atoms with Crippen molar-refractivity contribution >= 4 is 58.0 Å². The minimum Gasteiger partial charge on any atom is -0.376 e. The number of hydrogen-bond acceptors (Lipinski definition) is 3. The van der Waals surface area contributed by atoms with Crippen LogP contribution in [0.2, 0.25) is 0 Å². The van der Waals surface area contributed by atoms with Crippen LogP contribution in [0.4, 0.5) is 28.4 Å². The van der Waals surface area contributed by atoms with E-state index in [1.54, 1.807) is 0 Å². The van der Waals surface area contributed by atoms with Gasteiger partial charge < -0.3 is 9.71 Å². The van der Waals surface area contributed by atoms with Crippen molar-refractivity contribution in [3.05, 3.63) is 149 Å². The van der Waals surface area contributed by atoms with Gasteiger partial charge in [-0.3, -0.25) is 0 Å². The van der Waals surface area contributed by atoms with Gasteiger partial charge in [-0.1, -0.05) is 118 Å². The van der Waals surface area contributed by atoms with E-state index in [0.29, 0.717) is 0 Å². The van der Waals surface area contributed by atoms with E-state index in [2.05, 4.69) is 166 Å². The van der Waals surface area contributed by atoms with Crippen molar-refractivity contribution in [2.45, 2.75) is 55.2 Å². The van der Waals surface area contributed by atoms with E-state index >= 15 is 0 Å². The predicted molar refractivity (Wildman–Crippen MR) is 200 cm³/mol. The largest absolute Gasteiger partial charge is 0.376 e. The van der Waals surface area contributed by atoms with E-state index in [9.17, 15) is 0 Å². The maximum atomic E-state index is 2.65. The highest BCUT2D eigenvalue weighted by Gasteiger charge is 2.50. The highest BCUT2D eigenvalue weighted by molar-refractivity contribution is 7.99. The van der Waals surface area contributed by atoms with Crippen LogP contribution in [0.1, 0.15) is 55.5 Å². The van der Waals surface area contributed by atoms with E-state index in [0.717, 1.165) is 0 Å². The lowest BCUT2D eigenvalue weighted by atomic mass is 9.42. The summed E-state index contributed by atoms with van der Waals surface area (Å²) in [5.74, 6) is 0. The molecule has 0 N–H and O–H groups in total. The molecule has 0 bridgehead atoms. The van der Waals surface area contributed by atoms with Crippen LogP contribution in [0.15, 0.2) is 131 Å². The Morgan fingerprint density at radius 3 is 2.09 bits per heavy atom. The normalized spacial score (nSPS) is 16.7. The summed E-state index contributed by atoms with van der Waals surface area (Å²) in [5, 5.41) is 0. The van der Waals surface area contributed by atoms with Gasteiger partial charge in [0.2, 0.25) is 0 Å². The number of nitrogens with zero attached hydrogens (tertiary/aromatic N) is 2. The van der Waals surface area contributed by atoms with Crippen LogP contribution in [0.3, 0.4) is 0 Å². The molecule has 226 valence electrons. The first kappa shape index (κ1) is 27.4. The summed E-state index contributed by atoms with van der Waals surface area (Å²) in [5.41, 5.74) is 18.5. The van der Waals surface area contributed by atoms with Crippen molar-refractivity contribution in [2.24, 2.45) is 0 Å². The van der Waals surface area contributed by atoms with Gasteiger partial charge in [-0.2, -0.15) is 0 Å². The van der Waals surface area contributed by atoms with E-state index in [-0.39, 0.29) is 17.7 Å². The van der Waals surface area contributed by atoms with Crippen LogP contribution in [0.25, 0.3) is 11.1 Å². The van der Waals surface area contributed by atoms with Gasteiger partial charge in [0.25, 0.3) is 0 Å². The van der Waals surface area contributed by atoms with Crippen molar-refractivity contribution < 1.29 is 0 Å². The molecule has 0 saturated carbocycles. The molecule has 10 rings (SSSR count). The van der Waals surface area contributed by atoms with Crippen molar-refractivity contribution in [1.82, 2.24) is 0 Å². The molecule has 0 unspecified atom stereocenters. The molecular formula is C43H35BN2S. The first-order chi connectivity index (χ1) is 22.7. The smallest absolute Gasteiger partial charge is 0.333 e. The molecule has 0 aliphatic carbocycles. The quantitative estimate of drug-likeness (QED) is 0.169. The summed E-state index contributed by atoms with van der Waals surface area (Å²) < 4.78 is 0. The van der Waals surface area contributed by atoms with Crippen molar-refractivity contribution in [3.8, 4) is 11.1 Å². The second-order valence-corrected chi connectivity index (χ2v) is 15.7. The number of fused-ring (bicyclic) bond motifs is 8. The fraction of sp³-hybridized carbons (Fsp3) is 0.163. The van der Waals surface area contributed by atoms with Crippen molar-refractivity contribution in [3.63, 3.8) is 0 Å². The lowest BCUT2D eigenvalue weighted by Crippen LogP contribution is -2.62. The number of hydrogen-bond donors (Lipinski definition) is 0. The molecule has 0 aromatic heterocycles. The molecule has 4 heteroatoms. The Kier molecular flexibility index (Phi) is 5.39. The molecule has 0 fully saturated rings. The molecule has 2 nitrogen and oxygen atoms in total. The molecule has 6 aromatic rings. The number of para-hydroxylation sites is 3. The van der Waals surface area contributed by atoms with E-state index in [1.165, 1.54) is 88.1 Å². The fourth-order valence-corrected chi connectivity index (χ4v) is 10.5. The summed E-state index contributed by atoms with van der Waals surface area (Å²) in [6.45, 7) is 11.9. The molecule has 0 amide bonds. The van der Waals surface area contributed by atoms with Gasteiger partial charge in [0.1, 0.15) is 0 Å². The second kappa shape index (κ2) is 9.23. The Hall–Kier alpha value is -4.67. The lowest BCUT2D eigenvalue weighted by molar-refractivity contribution is 0.607. The summed E-state index contributed by atoms with van der Waals surface area (Å²) in [6, 6.07) is 46.1. The Morgan fingerprint density at radius 2 is 1.26 bits per heavy atom. The number of benzene rings is 6. The highest BCUT2D eigenvalue weighted by Crippen LogP contribution is 2.57. The Bertz CT molecular complexity index is 2320. The minimum atomic E-state index is -0.125. The summed E-state index contributed by atoms with van der Waals surface area (Å²) >= 11 is 1.92. The Morgan fingerprint density at radius 1 is 0.553 bits per heavy atom. The number of aryl methyl sites for hydroxylation is 1. The van der Waals surface area contributed by atoms with Crippen molar-refractivity contribution in [2.75, 3.05) is 9.71 Å². The second-order valence-electron chi connectivity index (χ2n) is 14.7. The van der Waals surface area contributed by atoms with Gasteiger partial charge in [0, 0.05) is 48.9 Å². The molecule has 0 radical (unpaired) electrons. The van der Waals surface area contributed by atoms with Gasteiger partial charge in [0.15, 0.2) is 0 Å². The molecule has 4 aliphatic heterocycles. The number of anilines is 5. The van der Waals surface area contributed by atoms with Crippen LogP contribution >= 0.6 is 11.8 Å². The maximum Gasteiger partial charge on any atom is 0.333 e. The van der Waals surface area contributed by atoms with Crippen LogP contribution in [0.5, 0.6) is 0 Å². The molecule has 6 aromatic carbocycles. The third kappa shape index (κ3) is 3.49. The maximum absolute atomic E-state index is 2.65. The molecule has 4 heterocycles. The minimum absolute atomic E-state index is 0.0347. The Balaban J connectivity index is 1.34. The van der Waals surface area contributed by atoms with Crippen LogP contribution in [-0.4, -0.2) is 6.85 Å². The lowest BCUT2D eigenvalue weighted by Gasteiger charge is -2.50. The zero-order valence-electron chi connectivity index (χ0n) is 27.4. The van der Waals surface area contributed by atoms with Crippen LogP contribution in [-0.2, 0) is 10.8 Å². The molecule has 0 saturated heterocycles. The Labute approximate surface area is 282 Å². The van der Waals surface area contributed by atoms with Gasteiger partial charge in [0.05, 0.1) is 5.69 Å². The predicted octanol–water partition coefficient (Wildman–Crippen LogP) is 10.1. The third-order valence-corrected chi connectivity index (χ3v) is 12.4. The van der Waals surface area contributed by atoms with E-state index in [1.807, 2.05) is 11.8 Å². The summed E-state index contributed by atoms with van der Waals surface area (Å²) in [4.78, 5) is 7.96. The molecule has 0 atom stereocenters. The molecule has 47 heavy (non-hydrogen) atoms. The fourth-order valence-electron chi connectivity index (χ4n) is 9.05. The van der Waals surface area contributed by atoms with Crippen LogP contribution in [0, 0.1) is 6.92 Å². The van der Waals surface area contributed by atoms with Gasteiger partial charge >= 0.3 is 6.85 Å². The summed E-state index contributed by atoms with van der Waals surface area (Å²) in [7, 11) is 0. The van der Waals surface area contributed by atoms with Crippen molar-refractivity contribution in [1.29, 1.82) is 0 Å². The molecule has 4 aliphatic rings. The first-order valence-corrected chi connectivity index (χ1v) is 17.5. The average molecular weight is 623 g/mol. The first-order valence-electron chi connectivity index (χ1n) is 16.7. The molecular weight excluding hydrogens is 587 g/mol. The third-order valence-electron chi connectivity index (χ3n) is 11.3. The van der Waals surface area contributed by atoms with Gasteiger partial charge in [-0.25, -0.2) is 0 Å². The average Bonchev–Trinajstić information content (AvgIpc) is 3.08. The zero-order chi connectivity index (χ0) is 31.8. The summed E-state index contributed by atoms with van der Waals surface area (Å²) in [6.07, 6.45) is 0. The van der Waals surface area contributed by atoms with E-state index in [4.69, 9.17) is 0 Å². The van der Waals surface area contributed by atoms with Gasteiger partial charge in [-0.05, 0) is 93.7 Å². The zero-order valence-corrected chi connectivity index (χ0v) is 28.2. The monoisotopic (exact) mass is 622 g/mol. The SMILES string of the molecule is Cc1cc2c3c(c1)N1c4ccccc4C(C)(C)c4cccc(c41)B3N(c1ccccc1)c1cc3c(cc1-2)Sc1ccccc1C3(C)C. The van der Waals surface area contributed by atoms with Crippen LogP contribution < -0.4 is 20.6 Å².